The summed E-state index contributed by atoms with van der Waals surface area (Å²) in [7, 11) is 0. The van der Waals surface area contributed by atoms with Crippen molar-refractivity contribution in [3.05, 3.63) is 35.9 Å². The van der Waals surface area contributed by atoms with Gasteiger partial charge in [-0.25, -0.2) is 0 Å². The summed E-state index contributed by atoms with van der Waals surface area (Å²) >= 11 is 0. The minimum absolute atomic E-state index is 0.0408. The zero-order chi connectivity index (χ0) is 14.6. The molecule has 1 fully saturated rings. The third kappa shape index (κ3) is 4.05. The first kappa shape index (κ1) is 15.0. The number of nitrogens with zero attached hydrogens (tertiary/aromatic N) is 1. The van der Waals surface area contributed by atoms with Gasteiger partial charge in [-0.2, -0.15) is 0 Å². The van der Waals surface area contributed by atoms with Crippen molar-refractivity contribution in [2.75, 3.05) is 13.1 Å². The van der Waals surface area contributed by atoms with Gasteiger partial charge in [0.1, 0.15) is 0 Å². The van der Waals surface area contributed by atoms with Crippen LogP contribution in [0.15, 0.2) is 30.3 Å². The normalized spacial score (nSPS) is 24.4. The van der Waals surface area contributed by atoms with Crippen molar-refractivity contribution in [1.29, 1.82) is 0 Å². The van der Waals surface area contributed by atoms with E-state index in [2.05, 4.69) is 0 Å². The van der Waals surface area contributed by atoms with Gasteiger partial charge < -0.3 is 15.7 Å². The maximum Gasteiger partial charge on any atom is 0.239 e. The number of piperidine rings is 1. The Hall–Kier alpha value is -1.39. The van der Waals surface area contributed by atoms with Crippen LogP contribution in [0.4, 0.5) is 0 Å². The molecule has 4 nitrogen and oxygen atoms in total. The summed E-state index contributed by atoms with van der Waals surface area (Å²) in [4.78, 5) is 14.0. The van der Waals surface area contributed by atoms with Crippen LogP contribution in [0.25, 0.3) is 0 Å². The minimum atomic E-state index is -0.771. The van der Waals surface area contributed by atoms with E-state index in [0.29, 0.717) is 19.5 Å². The Morgan fingerprint density at radius 2 is 2.15 bits per heavy atom. The first-order valence-electron chi connectivity index (χ1n) is 7.29. The summed E-state index contributed by atoms with van der Waals surface area (Å²) in [6.07, 6.45) is 3.03. The van der Waals surface area contributed by atoms with Crippen molar-refractivity contribution in [3.8, 4) is 0 Å². The fraction of sp³-hybridized carbons (Fsp3) is 0.562. The number of rotatable bonds is 4. The number of benzene rings is 1. The second-order valence-electron chi connectivity index (χ2n) is 5.99. The highest BCUT2D eigenvalue weighted by Crippen LogP contribution is 2.21. The fourth-order valence-corrected chi connectivity index (χ4v) is 2.73. The number of aliphatic hydroxyl groups is 1. The van der Waals surface area contributed by atoms with E-state index >= 15 is 0 Å². The van der Waals surface area contributed by atoms with Gasteiger partial charge in [0.05, 0.1) is 11.6 Å². The van der Waals surface area contributed by atoms with Crippen molar-refractivity contribution in [2.45, 2.75) is 44.2 Å². The topological polar surface area (TPSA) is 66.6 Å². The van der Waals surface area contributed by atoms with E-state index in [0.717, 1.165) is 19.3 Å². The number of hydrogen-bond donors (Lipinski definition) is 2. The molecule has 2 rings (SSSR count). The smallest absolute Gasteiger partial charge is 0.239 e. The monoisotopic (exact) mass is 276 g/mol. The van der Waals surface area contributed by atoms with Crippen LogP contribution in [0, 0.1) is 0 Å². The van der Waals surface area contributed by atoms with Gasteiger partial charge >= 0.3 is 0 Å². The molecule has 1 amide bonds. The van der Waals surface area contributed by atoms with Crippen molar-refractivity contribution in [2.24, 2.45) is 5.73 Å². The predicted molar refractivity (Wildman–Crippen MR) is 79.2 cm³/mol. The lowest BCUT2D eigenvalue weighted by Gasteiger charge is -2.37. The quantitative estimate of drug-likeness (QED) is 0.871. The molecule has 0 aliphatic carbocycles. The highest BCUT2D eigenvalue weighted by molar-refractivity contribution is 5.81. The zero-order valence-corrected chi connectivity index (χ0v) is 12.1. The first-order chi connectivity index (χ1) is 9.48. The molecule has 1 heterocycles. The van der Waals surface area contributed by atoms with Crippen LogP contribution in [0.3, 0.4) is 0 Å². The summed E-state index contributed by atoms with van der Waals surface area (Å²) in [6, 6.07) is 9.56. The number of aryl methyl sites for hydroxylation is 1. The second-order valence-corrected chi connectivity index (χ2v) is 5.99. The molecular weight excluding hydrogens is 252 g/mol. The van der Waals surface area contributed by atoms with Gasteiger partial charge in [0.2, 0.25) is 5.91 Å². The van der Waals surface area contributed by atoms with Crippen molar-refractivity contribution >= 4 is 5.91 Å². The summed E-state index contributed by atoms with van der Waals surface area (Å²) in [5, 5.41) is 10.0. The van der Waals surface area contributed by atoms with Crippen LogP contribution in [-0.4, -0.2) is 40.6 Å². The van der Waals surface area contributed by atoms with Crippen molar-refractivity contribution in [1.82, 2.24) is 4.90 Å². The number of carbonyl (C=O) groups is 1. The molecular formula is C16H24N2O2. The predicted octanol–water partition coefficient (Wildman–Crippen LogP) is 1.32. The average Bonchev–Trinajstić information content (AvgIpc) is 2.44. The molecule has 110 valence electrons. The van der Waals surface area contributed by atoms with E-state index in [4.69, 9.17) is 5.73 Å². The molecule has 1 aromatic rings. The van der Waals surface area contributed by atoms with Crippen LogP contribution in [0.5, 0.6) is 0 Å². The Morgan fingerprint density at radius 1 is 1.45 bits per heavy atom. The van der Waals surface area contributed by atoms with E-state index in [-0.39, 0.29) is 5.91 Å². The summed E-state index contributed by atoms with van der Waals surface area (Å²) < 4.78 is 0. The molecule has 1 aliphatic rings. The Morgan fingerprint density at radius 3 is 2.80 bits per heavy atom. The third-order valence-corrected chi connectivity index (χ3v) is 3.89. The maximum absolute atomic E-state index is 12.3. The van der Waals surface area contributed by atoms with Crippen LogP contribution < -0.4 is 5.73 Å². The molecule has 1 aliphatic heterocycles. The number of amides is 1. The molecule has 1 aromatic carbocycles. The average molecular weight is 276 g/mol. The maximum atomic E-state index is 12.3. The summed E-state index contributed by atoms with van der Waals surface area (Å²) in [5.74, 6) is -0.0408. The molecule has 0 radical (unpaired) electrons. The number of β-amino-alcohol motifs (C(OH)–C–C–N with tert-alkyl or cyclic N) is 1. The van der Waals surface area contributed by atoms with E-state index in [1.165, 1.54) is 5.56 Å². The zero-order valence-electron chi connectivity index (χ0n) is 12.1. The standard InChI is InChI=1S/C16H24N2O2/c1-16(20)10-5-11-18(12-16)15(19)14(17)9-8-13-6-3-2-4-7-13/h2-4,6-7,14,20H,5,8-12,17H2,1H3. The summed E-state index contributed by atoms with van der Waals surface area (Å²) in [6.45, 7) is 2.88. The van der Waals surface area contributed by atoms with Gasteiger partial charge in [-0.1, -0.05) is 30.3 Å². The van der Waals surface area contributed by atoms with E-state index < -0.39 is 11.6 Å². The Kier molecular flexibility index (Phi) is 4.78. The van der Waals surface area contributed by atoms with Gasteiger partial charge in [-0.15, -0.1) is 0 Å². The first-order valence-corrected chi connectivity index (χ1v) is 7.29. The van der Waals surface area contributed by atoms with Crippen LogP contribution in [0.1, 0.15) is 31.7 Å². The van der Waals surface area contributed by atoms with Gasteiger partial charge in [0.15, 0.2) is 0 Å². The lowest BCUT2D eigenvalue weighted by atomic mass is 9.94. The summed E-state index contributed by atoms with van der Waals surface area (Å²) in [5.41, 5.74) is 6.44. The lowest BCUT2D eigenvalue weighted by molar-refractivity contribution is -0.139. The molecule has 0 bridgehead atoms. The number of likely N-dealkylation sites (tertiary alicyclic amines) is 1. The highest BCUT2D eigenvalue weighted by Gasteiger charge is 2.32. The fourth-order valence-electron chi connectivity index (χ4n) is 2.73. The molecule has 0 spiro atoms. The van der Waals surface area contributed by atoms with Crippen LogP contribution in [0.2, 0.25) is 0 Å². The van der Waals surface area contributed by atoms with Gasteiger partial charge in [-0.3, -0.25) is 4.79 Å². The molecule has 0 aromatic heterocycles. The third-order valence-electron chi connectivity index (χ3n) is 3.89. The van der Waals surface area contributed by atoms with Crippen molar-refractivity contribution in [3.63, 3.8) is 0 Å². The number of nitrogens with two attached hydrogens (primary N) is 1. The van der Waals surface area contributed by atoms with Gasteiger partial charge in [0, 0.05) is 13.1 Å². The van der Waals surface area contributed by atoms with E-state index in [1.54, 1.807) is 11.8 Å². The number of carbonyl (C=O) groups excluding carboxylic acids is 1. The minimum Gasteiger partial charge on any atom is -0.388 e. The largest absolute Gasteiger partial charge is 0.388 e. The second kappa shape index (κ2) is 6.37. The highest BCUT2D eigenvalue weighted by atomic mass is 16.3. The molecule has 20 heavy (non-hydrogen) atoms. The van der Waals surface area contributed by atoms with Crippen LogP contribution in [-0.2, 0) is 11.2 Å². The van der Waals surface area contributed by atoms with E-state index in [9.17, 15) is 9.90 Å². The van der Waals surface area contributed by atoms with Crippen LogP contribution >= 0.6 is 0 Å². The van der Waals surface area contributed by atoms with Crippen molar-refractivity contribution < 1.29 is 9.90 Å². The number of hydrogen-bond acceptors (Lipinski definition) is 3. The Bertz CT molecular complexity index is 445. The molecule has 2 unspecified atom stereocenters. The lowest BCUT2D eigenvalue weighted by Crippen LogP contribution is -2.53. The van der Waals surface area contributed by atoms with E-state index in [1.807, 2.05) is 30.3 Å². The molecule has 1 saturated heterocycles. The molecule has 2 atom stereocenters. The molecule has 4 heteroatoms. The SMILES string of the molecule is CC1(O)CCCN(C(=O)C(N)CCc2ccccc2)C1. The Balaban J connectivity index is 1.85. The molecule has 3 N–H and O–H groups in total. The van der Waals surface area contributed by atoms with Gasteiger partial charge in [0.25, 0.3) is 0 Å². The van der Waals surface area contributed by atoms with Gasteiger partial charge in [-0.05, 0) is 38.2 Å². The Labute approximate surface area is 120 Å². The molecule has 0 saturated carbocycles.